The number of carbonyl (C=O) groups is 1. The van der Waals surface area contributed by atoms with Crippen molar-refractivity contribution in [2.75, 3.05) is 37.6 Å². The average Bonchev–Trinajstić information content (AvgIpc) is 3.04. The summed E-state index contributed by atoms with van der Waals surface area (Å²) in [4.78, 5) is 14.3. The van der Waals surface area contributed by atoms with E-state index >= 15 is 0 Å². The molecule has 0 saturated carbocycles. The number of aryl methyl sites for hydroxylation is 1. The molecule has 2 aliphatic heterocycles. The van der Waals surface area contributed by atoms with Gasteiger partial charge < -0.3 is 14.8 Å². The number of hydrogen-bond acceptors (Lipinski definition) is 4. The Balaban J connectivity index is 1.50. The van der Waals surface area contributed by atoms with Gasteiger partial charge in [0, 0.05) is 51.2 Å². The lowest BCUT2D eigenvalue weighted by molar-refractivity contribution is 0.0951. The molecule has 0 aliphatic carbocycles. The van der Waals surface area contributed by atoms with Gasteiger partial charge in [0.1, 0.15) is 16.4 Å². The highest BCUT2D eigenvalue weighted by molar-refractivity contribution is 7.89. The fourth-order valence-electron chi connectivity index (χ4n) is 3.53. The molecule has 7 nitrogen and oxygen atoms in total. The van der Waals surface area contributed by atoms with Crippen LogP contribution in [-0.2, 0) is 16.6 Å². The van der Waals surface area contributed by atoms with Gasteiger partial charge in [-0.25, -0.2) is 12.8 Å². The highest BCUT2D eigenvalue weighted by Gasteiger charge is 2.31. The highest BCUT2D eigenvalue weighted by Crippen LogP contribution is 2.23. The summed E-state index contributed by atoms with van der Waals surface area (Å²) in [6.45, 7) is 2.94. The number of nitrogens with zero attached hydrogens (tertiary/aromatic N) is 3. The van der Waals surface area contributed by atoms with Crippen LogP contribution in [0.25, 0.3) is 0 Å². The number of amides is 1. The van der Waals surface area contributed by atoms with Crippen LogP contribution in [0.2, 0.25) is 0 Å². The molecule has 1 saturated heterocycles. The zero-order valence-corrected chi connectivity index (χ0v) is 15.6. The van der Waals surface area contributed by atoms with Gasteiger partial charge in [-0.05, 0) is 36.8 Å². The van der Waals surface area contributed by atoms with E-state index in [1.165, 1.54) is 22.5 Å². The third kappa shape index (κ3) is 3.44. The fraction of sp³-hybridized carbons (Fsp3) is 0.389. The number of aromatic nitrogens is 1. The van der Waals surface area contributed by atoms with Gasteiger partial charge in [0.2, 0.25) is 10.0 Å². The largest absolute Gasteiger partial charge is 0.369 e. The van der Waals surface area contributed by atoms with E-state index in [1.807, 2.05) is 4.90 Å². The van der Waals surface area contributed by atoms with Crippen LogP contribution >= 0.6 is 0 Å². The summed E-state index contributed by atoms with van der Waals surface area (Å²) in [7, 11) is -3.66. The number of nitrogens with one attached hydrogen (secondary N) is 1. The Kier molecular flexibility index (Phi) is 4.65. The number of benzene rings is 1. The third-order valence-corrected chi connectivity index (χ3v) is 6.90. The monoisotopic (exact) mass is 392 g/mol. The van der Waals surface area contributed by atoms with Crippen molar-refractivity contribution in [3.05, 3.63) is 48.0 Å². The van der Waals surface area contributed by atoms with E-state index in [4.69, 9.17) is 0 Å². The second-order valence-corrected chi connectivity index (χ2v) is 8.67. The van der Waals surface area contributed by atoms with Crippen molar-refractivity contribution in [2.24, 2.45) is 0 Å². The molecule has 0 bridgehead atoms. The maximum absolute atomic E-state index is 13.1. The Morgan fingerprint density at radius 2 is 1.70 bits per heavy atom. The zero-order valence-electron chi connectivity index (χ0n) is 14.8. The lowest BCUT2D eigenvalue weighted by atomic mass is 10.2. The fourth-order valence-corrected chi connectivity index (χ4v) is 4.99. The summed E-state index contributed by atoms with van der Waals surface area (Å²) < 4.78 is 42.2. The number of fused-ring (bicyclic) bond motifs is 1. The van der Waals surface area contributed by atoms with Crippen LogP contribution in [0, 0.1) is 5.82 Å². The van der Waals surface area contributed by atoms with Gasteiger partial charge in [0.15, 0.2) is 0 Å². The molecule has 27 heavy (non-hydrogen) atoms. The highest BCUT2D eigenvalue weighted by atomic mass is 32.2. The van der Waals surface area contributed by atoms with E-state index in [1.54, 1.807) is 22.9 Å². The van der Waals surface area contributed by atoms with Crippen molar-refractivity contribution < 1.29 is 17.6 Å². The first-order valence-corrected chi connectivity index (χ1v) is 10.4. The molecular formula is C18H21FN4O3S. The molecular weight excluding hydrogens is 371 g/mol. The predicted molar refractivity (Wildman–Crippen MR) is 98.8 cm³/mol. The zero-order chi connectivity index (χ0) is 19.0. The molecule has 3 heterocycles. The SMILES string of the molecule is O=C1NCCCn2cc(S(=O)(=O)N3CCN(c4ccc(F)cc4)CC3)cc21. The molecule has 0 unspecified atom stereocenters. The predicted octanol–water partition coefficient (Wildman–Crippen LogP) is 1.27. The van der Waals surface area contributed by atoms with Crippen molar-refractivity contribution in [3.8, 4) is 0 Å². The lowest BCUT2D eigenvalue weighted by Crippen LogP contribution is -2.48. The minimum absolute atomic E-state index is 0.157. The first-order valence-electron chi connectivity index (χ1n) is 8.94. The van der Waals surface area contributed by atoms with Crippen molar-refractivity contribution >= 4 is 21.6 Å². The normalized spacial score (nSPS) is 18.7. The first kappa shape index (κ1) is 18.0. The topological polar surface area (TPSA) is 74.6 Å². The number of sulfonamides is 1. The number of halogens is 1. The lowest BCUT2D eigenvalue weighted by Gasteiger charge is -2.35. The van der Waals surface area contributed by atoms with Crippen molar-refractivity contribution in [1.82, 2.24) is 14.2 Å². The van der Waals surface area contributed by atoms with Gasteiger partial charge in [0.05, 0.1) is 0 Å². The molecule has 1 aromatic heterocycles. The van der Waals surface area contributed by atoms with E-state index in [9.17, 15) is 17.6 Å². The quantitative estimate of drug-likeness (QED) is 0.854. The summed E-state index contributed by atoms with van der Waals surface area (Å²) in [5, 5.41) is 2.77. The smallest absolute Gasteiger partial charge is 0.267 e. The molecule has 1 aromatic carbocycles. The van der Waals surface area contributed by atoms with Crippen LogP contribution in [0.15, 0.2) is 41.4 Å². The summed E-state index contributed by atoms with van der Waals surface area (Å²) >= 11 is 0. The van der Waals surface area contributed by atoms with Crippen LogP contribution < -0.4 is 10.2 Å². The summed E-state index contributed by atoms with van der Waals surface area (Å²) in [6, 6.07) is 7.66. The third-order valence-electron chi connectivity index (χ3n) is 5.03. The molecule has 0 atom stereocenters. The van der Waals surface area contributed by atoms with E-state index in [2.05, 4.69) is 5.32 Å². The van der Waals surface area contributed by atoms with Crippen LogP contribution in [0.1, 0.15) is 16.9 Å². The van der Waals surface area contributed by atoms with Gasteiger partial charge in [-0.2, -0.15) is 4.31 Å². The molecule has 2 aromatic rings. The maximum atomic E-state index is 13.1. The standard InChI is InChI=1S/C18H21FN4O3S/c19-14-2-4-15(5-3-14)21-8-10-23(11-9-21)27(25,26)16-12-17-18(24)20-6-1-7-22(17)13-16/h2-5,12-13H,1,6-11H2,(H,20,24). The Morgan fingerprint density at radius 3 is 2.41 bits per heavy atom. The van der Waals surface area contributed by atoms with Crippen LogP contribution in [0.5, 0.6) is 0 Å². The number of anilines is 1. The molecule has 2 aliphatic rings. The first-order chi connectivity index (χ1) is 12.9. The van der Waals surface area contributed by atoms with E-state index in [0.29, 0.717) is 45.0 Å². The average molecular weight is 392 g/mol. The number of carbonyl (C=O) groups excluding carboxylic acids is 1. The van der Waals surface area contributed by atoms with E-state index in [-0.39, 0.29) is 16.6 Å². The van der Waals surface area contributed by atoms with Crippen molar-refractivity contribution in [3.63, 3.8) is 0 Å². The summed E-state index contributed by atoms with van der Waals surface area (Å²) in [5.74, 6) is -0.535. The maximum Gasteiger partial charge on any atom is 0.267 e. The van der Waals surface area contributed by atoms with Crippen molar-refractivity contribution in [1.29, 1.82) is 0 Å². The van der Waals surface area contributed by atoms with Gasteiger partial charge in [0.25, 0.3) is 5.91 Å². The second kappa shape index (κ2) is 6.97. The Labute approximate surface area is 157 Å². The molecule has 144 valence electrons. The Hall–Kier alpha value is -2.39. The van der Waals surface area contributed by atoms with Gasteiger partial charge in [-0.1, -0.05) is 0 Å². The molecule has 1 N–H and O–H groups in total. The summed E-state index contributed by atoms with van der Waals surface area (Å²) in [5.41, 5.74) is 1.26. The van der Waals surface area contributed by atoms with E-state index in [0.717, 1.165) is 12.1 Å². The Morgan fingerprint density at radius 1 is 1.00 bits per heavy atom. The van der Waals surface area contributed by atoms with Crippen LogP contribution in [-0.4, -0.2) is 55.9 Å². The van der Waals surface area contributed by atoms with Gasteiger partial charge in [-0.3, -0.25) is 4.79 Å². The number of piperazine rings is 1. The minimum atomic E-state index is -3.66. The molecule has 0 spiro atoms. The Bertz CT molecular complexity index is 947. The van der Waals surface area contributed by atoms with Crippen LogP contribution in [0.3, 0.4) is 0 Å². The molecule has 9 heteroatoms. The second-order valence-electron chi connectivity index (χ2n) is 6.73. The van der Waals surface area contributed by atoms with Gasteiger partial charge in [-0.15, -0.1) is 0 Å². The molecule has 1 amide bonds. The van der Waals surface area contributed by atoms with Crippen LogP contribution in [0.4, 0.5) is 10.1 Å². The van der Waals surface area contributed by atoms with E-state index < -0.39 is 10.0 Å². The number of rotatable bonds is 3. The molecule has 4 rings (SSSR count). The van der Waals surface area contributed by atoms with Crippen molar-refractivity contribution in [2.45, 2.75) is 17.9 Å². The molecule has 1 fully saturated rings. The number of hydrogen-bond donors (Lipinski definition) is 1. The molecule has 0 radical (unpaired) electrons. The summed E-state index contributed by atoms with van der Waals surface area (Å²) in [6.07, 6.45) is 2.32. The minimum Gasteiger partial charge on any atom is -0.369 e. The van der Waals surface area contributed by atoms with Gasteiger partial charge >= 0.3 is 0 Å².